The molecule has 2 rings (SSSR count). The zero-order valence-electron chi connectivity index (χ0n) is 7.02. The average molecular weight is 179 g/mol. The lowest BCUT2D eigenvalue weighted by Gasteiger charge is -1.95. The van der Waals surface area contributed by atoms with Gasteiger partial charge < -0.3 is 15.8 Å². The van der Waals surface area contributed by atoms with Gasteiger partial charge in [0.15, 0.2) is 11.5 Å². The summed E-state index contributed by atoms with van der Waals surface area (Å²) in [6.45, 7) is 1.61. The maximum absolute atomic E-state index is 9.23. The van der Waals surface area contributed by atoms with E-state index in [0.29, 0.717) is 22.8 Å². The molecule has 0 aliphatic carbocycles. The van der Waals surface area contributed by atoms with Crippen LogP contribution in [0.3, 0.4) is 0 Å². The Balaban J connectivity index is 2.68. The Kier molecular flexibility index (Phi) is 1.63. The second-order valence-electron chi connectivity index (χ2n) is 2.76. The van der Waals surface area contributed by atoms with Crippen LogP contribution in [0.25, 0.3) is 11.2 Å². The summed E-state index contributed by atoms with van der Waals surface area (Å²) in [6, 6.07) is 0. The maximum atomic E-state index is 9.23. The highest BCUT2D eigenvalue weighted by molar-refractivity contribution is 5.80. The number of aliphatic hydroxyl groups excluding tert-OH is 1. The van der Waals surface area contributed by atoms with Gasteiger partial charge in [0.1, 0.15) is 23.8 Å². The summed E-state index contributed by atoms with van der Waals surface area (Å²) in [5, 5.41) is 9.23. The number of fused-ring (bicyclic) bond motifs is 1. The van der Waals surface area contributed by atoms with E-state index < -0.39 is 6.10 Å². The Morgan fingerprint density at radius 1 is 1.54 bits per heavy atom. The van der Waals surface area contributed by atoms with Crippen LogP contribution in [0.2, 0.25) is 0 Å². The van der Waals surface area contributed by atoms with Crippen molar-refractivity contribution >= 4 is 17.0 Å². The number of nitrogens with two attached hydrogens (primary N) is 1. The summed E-state index contributed by atoms with van der Waals surface area (Å²) >= 11 is 0. The predicted octanol–water partition coefficient (Wildman–Crippen LogP) is -0.0116. The second-order valence-corrected chi connectivity index (χ2v) is 2.76. The van der Waals surface area contributed by atoms with Crippen LogP contribution in [-0.4, -0.2) is 25.0 Å². The van der Waals surface area contributed by atoms with Crippen molar-refractivity contribution in [3.8, 4) is 0 Å². The summed E-state index contributed by atoms with van der Waals surface area (Å²) < 4.78 is 0. The largest absolute Gasteiger partial charge is 0.385 e. The van der Waals surface area contributed by atoms with Gasteiger partial charge in [0.25, 0.3) is 0 Å². The lowest BCUT2D eigenvalue weighted by atomic mass is 10.4. The maximum Gasteiger partial charge on any atom is 0.183 e. The van der Waals surface area contributed by atoms with Gasteiger partial charge in [-0.3, -0.25) is 0 Å². The first-order chi connectivity index (χ1) is 6.18. The molecule has 6 nitrogen and oxygen atoms in total. The summed E-state index contributed by atoms with van der Waals surface area (Å²) in [5.41, 5.74) is 6.61. The van der Waals surface area contributed by atoms with Crippen molar-refractivity contribution in [1.82, 2.24) is 19.9 Å². The van der Waals surface area contributed by atoms with E-state index in [0.717, 1.165) is 0 Å². The van der Waals surface area contributed by atoms with E-state index in [2.05, 4.69) is 19.9 Å². The molecule has 6 heteroatoms. The number of aliphatic hydroxyl groups is 1. The Labute approximate surface area is 73.8 Å². The van der Waals surface area contributed by atoms with E-state index in [9.17, 15) is 5.11 Å². The van der Waals surface area contributed by atoms with Crippen LogP contribution in [0.1, 0.15) is 18.9 Å². The van der Waals surface area contributed by atoms with Crippen molar-refractivity contribution in [2.75, 3.05) is 5.73 Å². The van der Waals surface area contributed by atoms with E-state index in [1.165, 1.54) is 6.33 Å². The van der Waals surface area contributed by atoms with Crippen molar-refractivity contribution < 1.29 is 5.11 Å². The SMILES string of the molecule is CC(O)c1nc2ncnc(N)c2[nH]1. The molecule has 0 spiro atoms. The van der Waals surface area contributed by atoms with Crippen LogP contribution in [0, 0.1) is 0 Å². The van der Waals surface area contributed by atoms with Crippen molar-refractivity contribution in [2.24, 2.45) is 0 Å². The number of aromatic nitrogens is 4. The third-order valence-corrected chi connectivity index (χ3v) is 1.73. The van der Waals surface area contributed by atoms with Crippen LogP contribution in [0.4, 0.5) is 5.82 Å². The summed E-state index contributed by atoms with van der Waals surface area (Å²) in [6.07, 6.45) is 0.679. The molecule has 2 heterocycles. The zero-order chi connectivity index (χ0) is 9.42. The molecular formula is C7H9N5O. The standard InChI is InChI=1S/C7H9N5O/c1-3(13)6-11-4-5(8)9-2-10-7(4)12-6/h2-3,13H,1H3,(H3,8,9,10,11,12). The van der Waals surface area contributed by atoms with Crippen LogP contribution in [0.5, 0.6) is 0 Å². The molecule has 0 amide bonds. The molecule has 2 aromatic heterocycles. The van der Waals surface area contributed by atoms with Crippen molar-refractivity contribution in [3.63, 3.8) is 0 Å². The van der Waals surface area contributed by atoms with Crippen molar-refractivity contribution in [1.29, 1.82) is 0 Å². The van der Waals surface area contributed by atoms with Gasteiger partial charge >= 0.3 is 0 Å². The van der Waals surface area contributed by atoms with Gasteiger partial charge in [0, 0.05) is 0 Å². The number of hydrogen-bond acceptors (Lipinski definition) is 5. The van der Waals surface area contributed by atoms with Gasteiger partial charge in [-0.1, -0.05) is 0 Å². The highest BCUT2D eigenvalue weighted by Crippen LogP contribution is 2.16. The number of aromatic amines is 1. The lowest BCUT2D eigenvalue weighted by molar-refractivity contribution is 0.190. The molecule has 1 unspecified atom stereocenters. The Morgan fingerprint density at radius 3 is 2.92 bits per heavy atom. The fraction of sp³-hybridized carbons (Fsp3) is 0.286. The minimum atomic E-state index is -0.659. The minimum absolute atomic E-state index is 0.337. The number of rotatable bonds is 1. The van der Waals surface area contributed by atoms with E-state index in [-0.39, 0.29) is 0 Å². The lowest BCUT2D eigenvalue weighted by Crippen LogP contribution is -1.93. The first-order valence-corrected chi connectivity index (χ1v) is 3.82. The molecule has 68 valence electrons. The molecule has 0 saturated heterocycles. The first kappa shape index (κ1) is 7.93. The predicted molar refractivity (Wildman–Crippen MR) is 46.7 cm³/mol. The summed E-state index contributed by atoms with van der Waals surface area (Å²) in [7, 11) is 0. The van der Waals surface area contributed by atoms with Crippen LogP contribution in [0.15, 0.2) is 6.33 Å². The third-order valence-electron chi connectivity index (χ3n) is 1.73. The molecule has 0 radical (unpaired) electrons. The van der Waals surface area contributed by atoms with Gasteiger partial charge in [-0.2, -0.15) is 0 Å². The minimum Gasteiger partial charge on any atom is -0.385 e. The molecule has 0 aromatic carbocycles. The molecule has 13 heavy (non-hydrogen) atoms. The fourth-order valence-corrected chi connectivity index (χ4v) is 1.06. The normalized spacial score (nSPS) is 13.4. The average Bonchev–Trinajstić information content (AvgIpc) is 2.49. The zero-order valence-corrected chi connectivity index (χ0v) is 7.02. The number of nitrogens with zero attached hydrogens (tertiary/aromatic N) is 3. The van der Waals surface area contributed by atoms with Gasteiger partial charge in [-0.15, -0.1) is 0 Å². The summed E-state index contributed by atoms with van der Waals surface area (Å²) in [4.78, 5) is 14.6. The molecule has 2 aromatic rings. The molecule has 0 aliphatic rings. The fourth-order valence-electron chi connectivity index (χ4n) is 1.06. The molecule has 0 saturated carbocycles. The van der Waals surface area contributed by atoms with Crippen LogP contribution < -0.4 is 5.73 Å². The van der Waals surface area contributed by atoms with Crippen molar-refractivity contribution in [2.45, 2.75) is 13.0 Å². The number of imidazole rings is 1. The van der Waals surface area contributed by atoms with Crippen LogP contribution >= 0.6 is 0 Å². The molecule has 0 aliphatic heterocycles. The molecule has 0 fully saturated rings. The number of hydrogen-bond donors (Lipinski definition) is 3. The van der Waals surface area contributed by atoms with Gasteiger partial charge in [-0.05, 0) is 6.92 Å². The van der Waals surface area contributed by atoms with E-state index in [4.69, 9.17) is 5.73 Å². The highest BCUT2D eigenvalue weighted by Gasteiger charge is 2.10. The Hall–Kier alpha value is -1.69. The molecule has 1 atom stereocenters. The number of anilines is 1. The highest BCUT2D eigenvalue weighted by atomic mass is 16.3. The second kappa shape index (κ2) is 2.67. The third kappa shape index (κ3) is 1.20. The van der Waals surface area contributed by atoms with Crippen LogP contribution in [-0.2, 0) is 0 Å². The smallest absolute Gasteiger partial charge is 0.183 e. The Morgan fingerprint density at radius 2 is 2.31 bits per heavy atom. The van der Waals surface area contributed by atoms with Gasteiger partial charge in [0.05, 0.1) is 0 Å². The monoisotopic (exact) mass is 179 g/mol. The number of H-pyrrole nitrogens is 1. The van der Waals surface area contributed by atoms with Gasteiger partial charge in [0.2, 0.25) is 0 Å². The van der Waals surface area contributed by atoms with E-state index in [1.54, 1.807) is 6.92 Å². The molecule has 0 bridgehead atoms. The van der Waals surface area contributed by atoms with Crippen molar-refractivity contribution in [3.05, 3.63) is 12.2 Å². The van der Waals surface area contributed by atoms with E-state index >= 15 is 0 Å². The molecular weight excluding hydrogens is 170 g/mol. The van der Waals surface area contributed by atoms with Gasteiger partial charge in [-0.25, -0.2) is 15.0 Å². The number of nitrogen functional groups attached to an aromatic ring is 1. The Bertz CT molecular complexity index is 435. The first-order valence-electron chi connectivity index (χ1n) is 3.82. The van der Waals surface area contributed by atoms with E-state index in [1.807, 2.05) is 0 Å². The number of nitrogens with one attached hydrogen (secondary N) is 1. The summed E-state index contributed by atoms with van der Waals surface area (Å²) in [5.74, 6) is 0.784. The molecule has 4 N–H and O–H groups in total. The topological polar surface area (TPSA) is 101 Å². The quantitative estimate of drug-likeness (QED) is 0.571.